The van der Waals surface area contributed by atoms with Gasteiger partial charge < -0.3 is 9.42 Å². The summed E-state index contributed by atoms with van der Waals surface area (Å²) < 4.78 is 19.4. The number of anilines is 1. The van der Waals surface area contributed by atoms with E-state index in [0.29, 0.717) is 30.5 Å². The highest BCUT2D eigenvalue weighted by Crippen LogP contribution is 2.32. The van der Waals surface area contributed by atoms with Crippen molar-refractivity contribution in [1.82, 2.24) is 15.1 Å². The van der Waals surface area contributed by atoms with Crippen LogP contribution in [0.1, 0.15) is 25.6 Å². The van der Waals surface area contributed by atoms with Gasteiger partial charge in [-0.1, -0.05) is 5.16 Å². The Balaban J connectivity index is 1.98. The zero-order valence-corrected chi connectivity index (χ0v) is 11.6. The minimum Gasteiger partial charge on any atom is -0.353 e. The monoisotopic (exact) mass is 276 g/mol. The van der Waals surface area contributed by atoms with Gasteiger partial charge in [-0.05, 0) is 38.8 Å². The Hall–Kier alpha value is -1.98. The molecule has 0 N–H and O–H groups in total. The smallest absolute Gasteiger partial charge is 0.261 e. The second-order valence-corrected chi connectivity index (χ2v) is 5.46. The van der Waals surface area contributed by atoms with E-state index in [9.17, 15) is 4.39 Å². The quantitative estimate of drug-likeness (QED) is 0.844. The van der Waals surface area contributed by atoms with E-state index in [1.165, 1.54) is 0 Å². The normalized spacial score (nSPS) is 23.1. The van der Waals surface area contributed by atoms with Crippen molar-refractivity contribution in [3.05, 3.63) is 24.2 Å². The van der Waals surface area contributed by atoms with E-state index in [2.05, 4.69) is 15.1 Å². The van der Waals surface area contributed by atoms with Crippen LogP contribution in [-0.4, -0.2) is 33.9 Å². The van der Waals surface area contributed by atoms with Crippen LogP contribution in [0.2, 0.25) is 0 Å². The molecule has 1 aliphatic heterocycles. The Kier molecular flexibility index (Phi) is 3.16. The standard InChI is InChI=1S/C14H17FN4O/c1-10-17-13(20-18-10)11-5-3-7-16-12(11)19-8-4-6-14(2,15)9-19/h3,5,7H,4,6,8-9H2,1-2H3. The van der Waals surface area contributed by atoms with E-state index in [1.807, 2.05) is 17.0 Å². The summed E-state index contributed by atoms with van der Waals surface area (Å²) in [5.41, 5.74) is -0.427. The Morgan fingerprint density at radius 3 is 3.00 bits per heavy atom. The number of aromatic nitrogens is 3. The van der Waals surface area contributed by atoms with Gasteiger partial charge in [0.1, 0.15) is 11.5 Å². The molecule has 0 saturated carbocycles. The van der Waals surface area contributed by atoms with Crippen molar-refractivity contribution in [3.8, 4) is 11.5 Å². The van der Waals surface area contributed by atoms with Crippen LogP contribution in [0.5, 0.6) is 0 Å². The lowest BCUT2D eigenvalue weighted by Gasteiger charge is -2.36. The molecule has 2 aromatic rings. The summed E-state index contributed by atoms with van der Waals surface area (Å²) in [6, 6.07) is 3.69. The van der Waals surface area contributed by atoms with Gasteiger partial charge in [0.2, 0.25) is 0 Å². The molecule has 0 spiro atoms. The molecule has 1 fully saturated rings. The van der Waals surface area contributed by atoms with Crippen LogP contribution in [0.3, 0.4) is 0 Å². The molecule has 1 atom stereocenters. The molecule has 0 radical (unpaired) electrons. The van der Waals surface area contributed by atoms with E-state index in [0.717, 1.165) is 18.5 Å². The van der Waals surface area contributed by atoms with Crippen molar-refractivity contribution >= 4 is 5.82 Å². The second-order valence-electron chi connectivity index (χ2n) is 5.46. The number of nitrogens with zero attached hydrogens (tertiary/aromatic N) is 4. The van der Waals surface area contributed by atoms with Gasteiger partial charge in [-0.3, -0.25) is 0 Å². The number of hydrogen-bond donors (Lipinski definition) is 0. The summed E-state index contributed by atoms with van der Waals surface area (Å²) in [5.74, 6) is 1.71. The van der Waals surface area contributed by atoms with E-state index in [-0.39, 0.29) is 0 Å². The van der Waals surface area contributed by atoms with Gasteiger partial charge in [-0.2, -0.15) is 4.98 Å². The molecule has 3 rings (SSSR count). The maximum absolute atomic E-state index is 14.2. The SMILES string of the molecule is Cc1noc(-c2cccnc2N2CCCC(C)(F)C2)n1. The average Bonchev–Trinajstić information content (AvgIpc) is 2.84. The third kappa shape index (κ3) is 2.50. The van der Waals surface area contributed by atoms with Crippen molar-refractivity contribution in [2.24, 2.45) is 0 Å². The van der Waals surface area contributed by atoms with Gasteiger partial charge >= 0.3 is 0 Å². The molecule has 0 bridgehead atoms. The van der Waals surface area contributed by atoms with Gasteiger partial charge in [0.25, 0.3) is 5.89 Å². The van der Waals surface area contributed by atoms with Crippen molar-refractivity contribution in [3.63, 3.8) is 0 Å². The number of alkyl halides is 1. The summed E-state index contributed by atoms with van der Waals surface area (Å²) in [6.45, 7) is 4.53. The van der Waals surface area contributed by atoms with Gasteiger partial charge in [0.05, 0.1) is 12.1 Å². The van der Waals surface area contributed by atoms with E-state index in [4.69, 9.17) is 4.52 Å². The Morgan fingerprint density at radius 1 is 1.45 bits per heavy atom. The molecule has 0 amide bonds. The van der Waals surface area contributed by atoms with Crippen LogP contribution >= 0.6 is 0 Å². The third-order valence-corrected chi connectivity index (χ3v) is 3.49. The molecular weight excluding hydrogens is 259 g/mol. The van der Waals surface area contributed by atoms with Crippen molar-refractivity contribution in [2.75, 3.05) is 18.0 Å². The summed E-state index contributed by atoms with van der Waals surface area (Å²) in [7, 11) is 0. The number of rotatable bonds is 2. The molecule has 20 heavy (non-hydrogen) atoms. The highest BCUT2D eigenvalue weighted by molar-refractivity contribution is 5.69. The van der Waals surface area contributed by atoms with Crippen molar-refractivity contribution in [2.45, 2.75) is 32.4 Å². The molecule has 0 aliphatic carbocycles. The topological polar surface area (TPSA) is 55.1 Å². The number of hydrogen-bond acceptors (Lipinski definition) is 5. The average molecular weight is 276 g/mol. The number of pyridine rings is 1. The predicted octanol–water partition coefficient (Wildman–Crippen LogP) is 2.77. The van der Waals surface area contributed by atoms with Crippen LogP contribution in [0.25, 0.3) is 11.5 Å². The lowest BCUT2D eigenvalue weighted by atomic mass is 9.96. The van der Waals surface area contributed by atoms with Gasteiger partial charge in [-0.15, -0.1) is 0 Å². The summed E-state index contributed by atoms with van der Waals surface area (Å²) in [4.78, 5) is 10.6. The molecule has 6 heteroatoms. The minimum absolute atomic E-state index is 0.337. The minimum atomic E-state index is -1.18. The number of aryl methyl sites for hydroxylation is 1. The van der Waals surface area contributed by atoms with Crippen LogP contribution in [-0.2, 0) is 0 Å². The van der Waals surface area contributed by atoms with Crippen molar-refractivity contribution < 1.29 is 8.91 Å². The van der Waals surface area contributed by atoms with E-state index >= 15 is 0 Å². The molecule has 1 aliphatic rings. The van der Waals surface area contributed by atoms with Gasteiger partial charge in [0, 0.05) is 12.7 Å². The number of piperidine rings is 1. The van der Waals surface area contributed by atoms with Gasteiger partial charge in [0.15, 0.2) is 5.82 Å². The third-order valence-electron chi connectivity index (χ3n) is 3.49. The zero-order chi connectivity index (χ0) is 14.2. The first-order valence-electron chi connectivity index (χ1n) is 6.75. The molecular formula is C14H17FN4O. The Morgan fingerprint density at radius 2 is 2.30 bits per heavy atom. The van der Waals surface area contributed by atoms with Crippen LogP contribution in [0.4, 0.5) is 10.2 Å². The summed E-state index contributed by atoms with van der Waals surface area (Å²) >= 11 is 0. The molecule has 1 unspecified atom stereocenters. The van der Waals surface area contributed by atoms with E-state index in [1.54, 1.807) is 20.0 Å². The fraction of sp³-hybridized carbons (Fsp3) is 0.500. The van der Waals surface area contributed by atoms with Crippen LogP contribution < -0.4 is 4.90 Å². The lowest BCUT2D eigenvalue weighted by molar-refractivity contribution is 0.160. The lowest BCUT2D eigenvalue weighted by Crippen LogP contribution is -2.44. The first-order valence-corrected chi connectivity index (χ1v) is 6.75. The number of halogens is 1. The maximum atomic E-state index is 14.2. The van der Waals surface area contributed by atoms with E-state index < -0.39 is 5.67 Å². The molecule has 1 saturated heterocycles. The highest BCUT2D eigenvalue weighted by Gasteiger charge is 2.32. The fourth-order valence-electron chi connectivity index (χ4n) is 2.60. The molecule has 0 aromatic carbocycles. The first-order chi connectivity index (χ1) is 9.55. The van der Waals surface area contributed by atoms with Crippen LogP contribution in [0.15, 0.2) is 22.9 Å². The summed E-state index contributed by atoms with van der Waals surface area (Å²) in [6.07, 6.45) is 3.10. The van der Waals surface area contributed by atoms with Gasteiger partial charge in [-0.25, -0.2) is 9.37 Å². The molecule has 5 nitrogen and oxygen atoms in total. The highest BCUT2D eigenvalue weighted by atomic mass is 19.1. The predicted molar refractivity (Wildman–Crippen MR) is 73.2 cm³/mol. The maximum Gasteiger partial charge on any atom is 0.261 e. The molecule has 2 aromatic heterocycles. The Labute approximate surface area is 116 Å². The first kappa shape index (κ1) is 13.0. The second kappa shape index (κ2) is 4.85. The van der Waals surface area contributed by atoms with Crippen LogP contribution in [0, 0.1) is 6.92 Å². The fourth-order valence-corrected chi connectivity index (χ4v) is 2.60. The molecule has 3 heterocycles. The Bertz CT molecular complexity index is 611. The van der Waals surface area contributed by atoms with Crippen molar-refractivity contribution in [1.29, 1.82) is 0 Å². The summed E-state index contributed by atoms with van der Waals surface area (Å²) in [5, 5.41) is 3.80. The largest absolute Gasteiger partial charge is 0.353 e. The zero-order valence-electron chi connectivity index (χ0n) is 11.6. The molecule has 106 valence electrons.